The van der Waals surface area contributed by atoms with E-state index in [0.29, 0.717) is 18.0 Å². The summed E-state index contributed by atoms with van der Waals surface area (Å²) in [5.41, 5.74) is 0.674. The number of sulfonamides is 1. The maximum atomic E-state index is 12.5. The van der Waals surface area contributed by atoms with Crippen molar-refractivity contribution in [3.05, 3.63) is 11.8 Å². The van der Waals surface area contributed by atoms with E-state index >= 15 is 0 Å². The molecule has 0 spiro atoms. The summed E-state index contributed by atoms with van der Waals surface area (Å²) >= 11 is 0. The van der Waals surface area contributed by atoms with Gasteiger partial charge in [-0.05, 0) is 25.8 Å². The zero-order chi connectivity index (χ0) is 15.9. The molecule has 0 saturated carbocycles. The first kappa shape index (κ1) is 18.1. The van der Waals surface area contributed by atoms with Gasteiger partial charge in [-0.3, -0.25) is 5.10 Å². The molecule has 122 valence electrons. The van der Waals surface area contributed by atoms with Crippen LogP contribution in [0.4, 0.5) is 0 Å². The second kappa shape index (κ2) is 8.51. The Bertz CT molecular complexity index is 509. The predicted molar refractivity (Wildman–Crippen MR) is 84.4 cm³/mol. The van der Waals surface area contributed by atoms with E-state index in [9.17, 15) is 8.42 Å². The van der Waals surface area contributed by atoms with Crippen LogP contribution in [0.1, 0.15) is 52.5 Å². The second-order valence-electron chi connectivity index (χ2n) is 5.39. The highest BCUT2D eigenvalue weighted by Gasteiger charge is 2.25. The van der Waals surface area contributed by atoms with Crippen molar-refractivity contribution in [3.8, 4) is 0 Å². The first-order valence-corrected chi connectivity index (χ1v) is 9.19. The molecule has 21 heavy (non-hydrogen) atoms. The fourth-order valence-electron chi connectivity index (χ4n) is 2.45. The topological polar surface area (TPSA) is 86.9 Å². The summed E-state index contributed by atoms with van der Waals surface area (Å²) < 4.78 is 27.7. The highest BCUT2D eigenvalue weighted by Crippen LogP contribution is 2.17. The number of aromatic nitrogens is 2. The van der Waals surface area contributed by atoms with Gasteiger partial charge >= 0.3 is 0 Å². The second-order valence-corrected chi connectivity index (χ2v) is 7.04. The van der Waals surface area contributed by atoms with Crippen molar-refractivity contribution < 1.29 is 8.42 Å². The van der Waals surface area contributed by atoms with Gasteiger partial charge in [0.25, 0.3) is 10.0 Å². The number of aromatic amines is 1. The molecule has 1 atom stereocenters. The number of nitrogens with one attached hydrogen (secondary N) is 3. The Labute approximate surface area is 128 Å². The van der Waals surface area contributed by atoms with Crippen LogP contribution in [-0.2, 0) is 16.6 Å². The van der Waals surface area contributed by atoms with Crippen molar-refractivity contribution in [1.82, 2.24) is 20.2 Å². The SMILES string of the molecule is CCCNCc1cn[nH]c1S(=O)(=O)NC(C)C(CC)CC. The van der Waals surface area contributed by atoms with E-state index in [4.69, 9.17) is 0 Å². The summed E-state index contributed by atoms with van der Waals surface area (Å²) in [4.78, 5) is 0. The molecule has 3 N–H and O–H groups in total. The number of rotatable bonds is 10. The minimum Gasteiger partial charge on any atom is -0.313 e. The highest BCUT2D eigenvalue weighted by atomic mass is 32.2. The molecule has 0 amide bonds. The van der Waals surface area contributed by atoms with Gasteiger partial charge in [-0.1, -0.05) is 33.6 Å². The summed E-state index contributed by atoms with van der Waals surface area (Å²) in [5, 5.41) is 9.85. The molecule has 0 fully saturated rings. The molecule has 0 aromatic carbocycles. The lowest BCUT2D eigenvalue weighted by atomic mass is 9.96. The van der Waals surface area contributed by atoms with Gasteiger partial charge in [-0.15, -0.1) is 0 Å². The number of hydrogen-bond donors (Lipinski definition) is 3. The average Bonchev–Trinajstić information content (AvgIpc) is 2.89. The Morgan fingerprint density at radius 2 is 1.95 bits per heavy atom. The summed E-state index contributed by atoms with van der Waals surface area (Å²) in [6.07, 6.45) is 4.48. The lowest BCUT2D eigenvalue weighted by Crippen LogP contribution is -2.38. The van der Waals surface area contributed by atoms with Gasteiger partial charge in [0.1, 0.15) is 0 Å². The normalized spacial score (nSPS) is 13.8. The third kappa shape index (κ3) is 5.09. The highest BCUT2D eigenvalue weighted by molar-refractivity contribution is 7.89. The summed E-state index contributed by atoms with van der Waals surface area (Å²) in [6, 6.07) is -0.0928. The molecule has 0 saturated heterocycles. The Balaban J connectivity index is 2.81. The largest absolute Gasteiger partial charge is 0.313 e. The van der Waals surface area contributed by atoms with Crippen LogP contribution in [0, 0.1) is 5.92 Å². The Hall–Kier alpha value is -0.920. The summed E-state index contributed by atoms with van der Waals surface area (Å²) in [5.74, 6) is 0.337. The maximum Gasteiger partial charge on any atom is 0.258 e. The number of hydrogen-bond acceptors (Lipinski definition) is 4. The summed E-state index contributed by atoms with van der Waals surface area (Å²) in [7, 11) is -3.56. The zero-order valence-corrected chi connectivity index (χ0v) is 14.3. The first-order chi connectivity index (χ1) is 9.96. The summed E-state index contributed by atoms with van der Waals surface area (Å²) in [6.45, 7) is 9.49. The fraction of sp³-hybridized carbons (Fsp3) is 0.786. The maximum absolute atomic E-state index is 12.5. The predicted octanol–water partition coefficient (Wildman–Crippen LogP) is 2.01. The number of nitrogens with zero attached hydrogens (tertiary/aromatic N) is 1. The van der Waals surface area contributed by atoms with E-state index in [2.05, 4.69) is 41.0 Å². The quantitative estimate of drug-likeness (QED) is 0.576. The number of H-pyrrole nitrogens is 1. The van der Waals surface area contributed by atoms with Gasteiger partial charge in [0.05, 0.1) is 6.20 Å². The van der Waals surface area contributed by atoms with Crippen molar-refractivity contribution in [2.45, 2.75) is 64.6 Å². The van der Waals surface area contributed by atoms with Crippen LogP contribution in [0.2, 0.25) is 0 Å². The molecule has 1 aromatic rings. The van der Waals surface area contributed by atoms with Gasteiger partial charge < -0.3 is 5.32 Å². The van der Waals surface area contributed by atoms with E-state index in [1.54, 1.807) is 6.20 Å². The molecular weight excluding hydrogens is 288 g/mol. The smallest absolute Gasteiger partial charge is 0.258 e. The van der Waals surface area contributed by atoms with Crippen LogP contribution in [0.5, 0.6) is 0 Å². The van der Waals surface area contributed by atoms with Crippen molar-refractivity contribution in [1.29, 1.82) is 0 Å². The zero-order valence-electron chi connectivity index (χ0n) is 13.4. The van der Waals surface area contributed by atoms with Gasteiger partial charge in [0.15, 0.2) is 5.03 Å². The van der Waals surface area contributed by atoms with Crippen LogP contribution in [0.25, 0.3) is 0 Å². The van der Waals surface area contributed by atoms with Gasteiger partial charge in [0, 0.05) is 18.2 Å². The monoisotopic (exact) mass is 316 g/mol. The van der Waals surface area contributed by atoms with Gasteiger partial charge in [0.2, 0.25) is 0 Å². The standard InChI is InChI=1S/C14H28N4O2S/c1-5-8-15-9-13-10-16-17-14(13)21(19,20)18-11(4)12(6-2)7-3/h10-12,15,18H,5-9H2,1-4H3,(H,16,17). The van der Waals surface area contributed by atoms with E-state index in [1.165, 1.54) is 0 Å². The fourth-order valence-corrected chi connectivity index (χ4v) is 3.90. The van der Waals surface area contributed by atoms with E-state index in [-0.39, 0.29) is 11.1 Å². The van der Waals surface area contributed by atoms with Gasteiger partial charge in [-0.2, -0.15) is 5.10 Å². The molecule has 0 aliphatic carbocycles. The van der Waals surface area contributed by atoms with Crippen molar-refractivity contribution >= 4 is 10.0 Å². The molecule has 0 radical (unpaired) electrons. The van der Waals surface area contributed by atoms with Gasteiger partial charge in [-0.25, -0.2) is 13.1 Å². The Morgan fingerprint density at radius 1 is 1.29 bits per heavy atom. The van der Waals surface area contributed by atoms with Crippen molar-refractivity contribution in [2.24, 2.45) is 5.92 Å². The Kier molecular flexibility index (Phi) is 7.34. The molecule has 1 unspecified atom stereocenters. The van der Waals surface area contributed by atoms with Crippen LogP contribution >= 0.6 is 0 Å². The minimum absolute atomic E-state index is 0.0928. The molecule has 7 heteroatoms. The van der Waals surface area contributed by atoms with E-state index in [1.807, 2.05) is 6.92 Å². The molecule has 1 heterocycles. The third-order valence-corrected chi connectivity index (χ3v) is 5.36. The third-order valence-electron chi connectivity index (χ3n) is 3.79. The molecule has 1 rings (SSSR count). The molecule has 0 aliphatic rings. The molecule has 6 nitrogen and oxygen atoms in total. The molecule has 1 aromatic heterocycles. The first-order valence-electron chi connectivity index (χ1n) is 7.71. The molecule has 0 bridgehead atoms. The average molecular weight is 316 g/mol. The van der Waals surface area contributed by atoms with Crippen LogP contribution in [0.3, 0.4) is 0 Å². The van der Waals surface area contributed by atoms with E-state index < -0.39 is 10.0 Å². The van der Waals surface area contributed by atoms with Crippen LogP contribution in [-0.4, -0.2) is 31.2 Å². The van der Waals surface area contributed by atoms with Crippen LogP contribution in [0.15, 0.2) is 11.2 Å². The minimum atomic E-state index is -3.56. The van der Waals surface area contributed by atoms with Crippen LogP contribution < -0.4 is 10.0 Å². The van der Waals surface area contributed by atoms with Crippen molar-refractivity contribution in [3.63, 3.8) is 0 Å². The van der Waals surface area contributed by atoms with Crippen molar-refractivity contribution in [2.75, 3.05) is 6.54 Å². The lowest BCUT2D eigenvalue weighted by molar-refractivity contribution is 0.390. The Morgan fingerprint density at radius 3 is 2.52 bits per heavy atom. The lowest BCUT2D eigenvalue weighted by Gasteiger charge is -2.22. The molecule has 0 aliphatic heterocycles. The molecular formula is C14H28N4O2S. The van der Waals surface area contributed by atoms with E-state index in [0.717, 1.165) is 25.8 Å².